The van der Waals surface area contributed by atoms with Gasteiger partial charge in [0, 0.05) is 19.0 Å². The smallest absolute Gasteiger partial charge is 0.242 e. The van der Waals surface area contributed by atoms with E-state index in [1.165, 1.54) is 11.1 Å². The van der Waals surface area contributed by atoms with Crippen LogP contribution in [-0.4, -0.2) is 46.9 Å². The fourth-order valence-electron chi connectivity index (χ4n) is 4.57. The number of carbonyl (C=O) groups excluding carboxylic acids is 2. The molecular formula is C20H25FN2O2. The van der Waals surface area contributed by atoms with Gasteiger partial charge in [0.05, 0.1) is 12.6 Å². The molecule has 4 rings (SSSR count). The lowest BCUT2D eigenvalue weighted by molar-refractivity contribution is -0.152. The zero-order valence-electron chi connectivity index (χ0n) is 14.7. The Morgan fingerprint density at radius 2 is 1.96 bits per heavy atom. The quantitative estimate of drug-likeness (QED) is 0.786. The van der Waals surface area contributed by atoms with Crippen LogP contribution >= 0.6 is 0 Å². The molecule has 2 aliphatic heterocycles. The SMILES string of the molecule is CC1(F)CCC(C(=O)N2CC(=O)N3CCc4ccccc4C3C2)CC1. The minimum atomic E-state index is -1.15. The van der Waals surface area contributed by atoms with E-state index >= 15 is 0 Å². The van der Waals surface area contributed by atoms with E-state index in [0.29, 0.717) is 32.2 Å². The Morgan fingerprint density at radius 1 is 1.24 bits per heavy atom. The highest BCUT2D eigenvalue weighted by Crippen LogP contribution is 2.37. The number of nitrogens with zero attached hydrogens (tertiary/aromatic N) is 2. The Bertz CT molecular complexity index is 693. The Hall–Kier alpha value is -1.91. The number of piperazine rings is 1. The van der Waals surface area contributed by atoms with Crippen molar-refractivity contribution in [2.45, 2.75) is 50.7 Å². The maximum absolute atomic E-state index is 14.0. The van der Waals surface area contributed by atoms with E-state index in [2.05, 4.69) is 12.1 Å². The highest BCUT2D eigenvalue weighted by molar-refractivity contribution is 5.87. The Morgan fingerprint density at radius 3 is 2.72 bits per heavy atom. The van der Waals surface area contributed by atoms with Crippen molar-refractivity contribution in [3.8, 4) is 0 Å². The molecule has 1 aromatic rings. The van der Waals surface area contributed by atoms with Gasteiger partial charge in [0.1, 0.15) is 5.67 Å². The van der Waals surface area contributed by atoms with Gasteiger partial charge < -0.3 is 9.80 Å². The molecule has 1 atom stereocenters. The Labute approximate surface area is 148 Å². The van der Waals surface area contributed by atoms with Crippen molar-refractivity contribution in [1.29, 1.82) is 0 Å². The summed E-state index contributed by atoms with van der Waals surface area (Å²) in [7, 11) is 0. The number of carbonyl (C=O) groups is 2. The summed E-state index contributed by atoms with van der Waals surface area (Å²) in [5.41, 5.74) is 1.30. The first kappa shape index (κ1) is 16.6. The lowest BCUT2D eigenvalue weighted by Crippen LogP contribution is -2.56. The zero-order chi connectivity index (χ0) is 17.6. The average molecular weight is 344 g/mol. The van der Waals surface area contributed by atoms with Gasteiger partial charge in [-0.1, -0.05) is 24.3 Å². The standard InChI is InChI=1S/C20H25FN2O2/c1-20(21)9-6-15(7-10-20)19(25)22-12-17-16-5-3-2-4-14(16)8-11-23(17)18(24)13-22/h2-5,15,17H,6-13H2,1H3. The number of alkyl halides is 1. The number of hydrogen-bond acceptors (Lipinski definition) is 2. The molecule has 0 bridgehead atoms. The van der Waals surface area contributed by atoms with E-state index in [0.717, 1.165) is 13.0 Å². The van der Waals surface area contributed by atoms with Gasteiger partial charge in [-0.15, -0.1) is 0 Å². The van der Waals surface area contributed by atoms with E-state index in [1.54, 1.807) is 11.8 Å². The zero-order valence-corrected chi connectivity index (χ0v) is 14.7. The second-order valence-electron chi connectivity index (χ2n) is 7.96. The molecule has 2 heterocycles. The van der Waals surface area contributed by atoms with Crippen molar-refractivity contribution < 1.29 is 14.0 Å². The predicted octanol–water partition coefficient (Wildman–Crippen LogP) is 2.87. The van der Waals surface area contributed by atoms with Crippen molar-refractivity contribution in [2.24, 2.45) is 5.92 Å². The van der Waals surface area contributed by atoms with Gasteiger partial charge in [-0.25, -0.2) is 4.39 Å². The first-order valence-corrected chi connectivity index (χ1v) is 9.29. The normalized spacial score (nSPS) is 32.2. The number of halogens is 1. The fraction of sp³-hybridized carbons (Fsp3) is 0.600. The third kappa shape index (κ3) is 3.05. The van der Waals surface area contributed by atoms with E-state index in [1.807, 2.05) is 17.0 Å². The number of amides is 2. The molecular weight excluding hydrogens is 319 g/mol. The Kier molecular flexibility index (Phi) is 4.05. The van der Waals surface area contributed by atoms with Crippen LogP contribution in [0.1, 0.15) is 49.8 Å². The molecule has 0 N–H and O–H groups in total. The van der Waals surface area contributed by atoms with Crippen molar-refractivity contribution in [1.82, 2.24) is 9.80 Å². The highest BCUT2D eigenvalue weighted by Gasteiger charge is 2.41. The fourth-order valence-corrected chi connectivity index (χ4v) is 4.57. The summed E-state index contributed by atoms with van der Waals surface area (Å²) in [6.07, 6.45) is 2.92. The minimum Gasteiger partial charge on any atom is -0.332 e. The van der Waals surface area contributed by atoms with Gasteiger partial charge in [-0.05, 0) is 50.2 Å². The molecule has 3 aliphatic rings. The van der Waals surface area contributed by atoms with Gasteiger partial charge in [0.2, 0.25) is 11.8 Å². The minimum absolute atomic E-state index is 0.0326. The molecule has 0 spiro atoms. The van der Waals surface area contributed by atoms with E-state index in [-0.39, 0.29) is 30.3 Å². The largest absolute Gasteiger partial charge is 0.332 e. The molecule has 4 nitrogen and oxygen atoms in total. The molecule has 1 aromatic carbocycles. The van der Waals surface area contributed by atoms with Crippen molar-refractivity contribution in [3.63, 3.8) is 0 Å². The molecule has 1 unspecified atom stereocenters. The molecule has 134 valence electrons. The van der Waals surface area contributed by atoms with Crippen molar-refractivity contribution >= 4 is 11.8 Å². The predicted molar refractivity (Wildman–Crippen MR) is 92.7 cm³/mol. The summed E-state index contributed by atoms with van der Waals surface area (Å²) < 4.78 is 14.0. The van der Waals surface area contributed by atoms with Crippen LogP contribution in [0.25, 0.3) is 0 Å². The van der Waals surface area contributed by atoms with Crippen LogP contribution in [0.3, 0.4) is 0 Å². The van der Waals surface area contributed by atoms with Crippen molar-refractivity contribution in [2.75, 3.05) is 19.6 Å². The van der Waals surface area contributed by atoms with Crippen molar-refractivity contribution in [3.05, 3.63) is 35.4 Å². The van der Waals surface area contributed by atoms with Crippen LogP contribution in [0.5, 0.6) is 0 Å². The molecule has 1 aliphatic carbocycles. The third-order valence-electron chi connectivity index (χ3n) is 6.14. The first-order chi connectivity index (χ1) is 11.9. The van der Waals surface area contributed by atoms with Crippen LogP contribution in [-0.2, 0) is 16.0 Å². The molecule has 25 heavy (non-hydrogen) atoms. The molecule has 1 saturated carbocycles. The van der Waals surface area contributed by atoms with Crippen LogP contribution < -0.4 is 0 Å². The lowest BCUT2D eigenvalue weighted by atomic mass is 9.80. The number of rotatable bonds is 1. The number of hydrogen-bond donors (Lipinski definition) is 0. The van der Waals surface area contributed by atoms with Gasteiger partial charge in [0.15, 0.2) is 0 Å². The van der Waals surface area contributed by atoms with Gasteiger partial charge >= 0.3 is 0 Å². The Balaban J connectivity index is 1.52. The molecule has 1 saturated heterocycles. The molecule has 2 fully saturated rings. The molecule has 0 radical (unpaired) electrons. The van der Waals surface area contributed by atoms with Gasteiger partial charge in [-0.3, -0.25) is 9.59 Å². The first-order valence-electron chi connectivity index (χ1n) is 9.29. The summed E-state index contributed by atoms with van der Waals surface area (Å²) in [4.78, 5) is 29.2. The van der Waals surface area contributed by atoms with Crippen LogP contribution in [0, 0.1) is 5.92 Å². The third-order valence-corrected chi connectivity index (χ3v) is 6.14. The summed E-state index contributed by atoms with van der Waals surface area (Å²) in [6.45, 7) is 3.08. The molecule has 0 aromatic heterocycles. The van der Waals surface area contributed by atoms with Crippen LogP contribution in [0.4, 0.5) is 4.39 Å². The monoisotopic (exact) mass is 344 g/mol. The second-order valence-corrected chi connectivity index (χ2v) is 7.96. The highest BCUT2D eigenvalue weighted by atomic mass is 19.1. The number of benzene rings is 1. The average Bonchev–Trinajstić information content (AvgIpc) is 2.61. The molecule has 2 amide bonds. The maximum Gasteiger partial charge on any atom is 0.242 e. The summed E-state index contributed by atoms with van der Waals surface area (Å²) in [6, 6.07) is 8.17. The van der Waals surface area contributed by atoms with Crippen LogP contribution in [0.2, 0.25) is 0 Å². The van der Waals surface area contributed by atoms with Gasteiger partial charge in [0.25, 0.3) is 0 Å². The van der Waals surface area contributed by atoms with E-state index in [9.17, 15) is 14.0 Å². The van der Waals surface area contributed by atoms with Crippen LogP contribution in [0.15, 0.2) is 24.3 Å². The lowest BCUT2D eigenvalue weighted by Gasteiger charge is -2.45. The summed E-state index contributed by atoms with van der Waals surface area (Å²) in [5.74, 6) is -0.0705. The molecule has 5 heteroatoms. The number of fused-ring (bicyclic) bond motifs is 3. The van der Waals surface area contributed by atoms with E-state index < -0.39 is 5.67 Å². The summed E-state index contributed by atoms with van der Waals surface area (Å²) in [5, 5.41) is 0. The van der Waals surface area contributed by atoms with Gasteiger partial charge in [-0.2, -0.15) is 0 Å². The topological polar surface area (TPSA) is 40.6 Å². The summed E-state index contributed by atoms with van der Waals surface area (Å²) >= 11 is 0. The van der Waals surface area contributed by atoms with E-state index in [4.69, 9.17) is 0 Å². The maximum atomic E-state index is 14.0. The second kappa shape index (κ2) is 6.11.